The first-order chi connectivity index (χ1) is 10.3. The van der Waals surface area contributed by atoms with Gasteiger partial charge in [0.25, 0.3) is 0 Å². The van der Waals surface area contributed by atoms with Gasteiger partial charge in [0.1, 0.15) is 12.4 Å². The molecule has 4 N–H and O–H groups in total. The van der Waals surface area contributed by atoms with E-state index < -0.39 is 24.1 Å². The molecule has 0 bridgehead atoms. The van der Waals surface area contributed by atoms with Gasteiger partial charge in [0.2, 0.25) is 0 Å². The molecule has 0 aliphatic carbocycles. The number of ether oxygens (including phenoxy) is 1. The molecule has 1 atom stereocenters. The summed E-state index contributed by atoms with van der Waals surface area (Å²) in [7, 11) is 0. The van der Waals surface area contributed by atoms with E-state index in [1.54, 1.807) is 24.3 Å². The minimum atomic E-state index is -2.04. The Morgan fingerprint density at radius 1 is 1.50 bits per heavy atom. The van der Waals surface area contributed by atoms with Crippen LogP contribution in [0.4, 0.5) is 10.5 Å². The molecule has 7 nitrogen and oxygen atoms in total. The van der Waals surface area contributed by atoms with Crippen molar-refractivity contribution < 1.29 is 24.5 Å². The summed E-state index contributed by atoms with van der Waals surface area (Å²) in [4.78, 5) is 22.6. The Morgan fingerprint density at radius 2 is 2.18 bits per heavy atom. The lowest BCUT2D eigenvalue weighted by molar-refractivity contribution is -0.155. The highest BCUT2D eigenvalue weighted by molar-refractivity contribution is 9.10. The number of nitrogens with one attached hydrogen (secondary N) is 2. The first kappa shape index (κ1) is 18.0. The van der Waals surface area contributed by atoms with Crippen molar-refractivity contribution in [2.75, 3.05) is 18.5 Å². The van der Waals surface area contributed by atoms with Crippen molar-refractivity contribution in [2.45, 2.75) is 12.5 Å². The summed E-state index contributed by atoms with van der Waals surface area (Å²) >= 11 is 3.28. The van der Waals surface area contributed by atoms with Crippen LogP contribution in [-0.2, 0) is 4.79 Å². The Morgan fingerprint density at radius 3 is 2.77 bits per heavy atom. The lowest BCUT2D eigenvalue weighted by atomic mass is 10.1. The van der Waals surface area contributed by atoms with Crippen LogP contribution < -0.4 is 15.4 Å². The van der Waals surface area contributed by atoms with E-state index in [-0.39, 0.29) is 6.61 Å². The summed E-state index contributed by atoms with van der Waals surface area (Å²) in [6, 6.07) is 4.38. The number of aliphatic carboxylic acids is 1. The van der Waals surface area contributed by atoms with Gasteiger partial charge in [-0.05, 0) is 25.1 Å². The molecule has 2 amide bonds. The maximum atomic E-state index is 11.8. The number of urea groups is 1. The molecule has 22 heavy (non-hydrogen) atoms. The Kier molecular flexibility index (Phi) is 6.39. The molecule has 1 rings (SSSR count). The summed E-state index contributed by atoms with van der Waals surface area (Å²) in [5.74, 6) is -0.992. The molecular formula is C14H17BrN2O5. The van der Waals surface area contributed by atoms with E-state index in [1.165, 1.54) is 0 Å². The molecular weight excluding hydrogens is 356 g/mol. The van der Waals surface area contributed by atoms with Crippen LogP contribution in [0, 0.1) is 0 Å². The number of carboxylic acids is 1. The number of anilines is 1. The minimum absolute atomic E-state index is 0.270. The summed E-state index contributed by atoms with van der Waals surface area (Å²) in [5.41, 5.74) is -1.65. The van der Waals surface area contributed by atoms with Crippen molar-refractivity contribution in [3.63, 3.8) is 0 Å². The van der Waals surface area contributed by atoms with Crippen LogP contribution in [-0.4, -0.2) is 41.0 Å². The molecule has 0 saturated carbocycles. The molecule has 0 heterocycles. The summed E-state index contributed by atoms with van der Waals surface area (Å²) in [5, 5.41) is 23.1. The Hall–Kier alpha value is -2.06. The summed E-state index contributed by atoms with van der Waals surface area (Å²) < 4.78 is 6.13. The summed E-state index contributed by atoms with van der Waals surface area (Å²) in [6.07, 6.45) is 1.57. The molecule has 120 valence electrons. The second kappa shape index (κ2) is 7.81. The third-order valence-corrected chi connectivity index (χ3v) is 3.09. The molecule has 1 unspecified atom stereocenters. The first-order valence-corrected chi connectivity index (χ1v) is 7.09. The quantitative estimate of drug-likeness (QED) is 0.547. The molecule has 1 aromatic rings. The van der Waals surface area contributed by atoms with E-state index in [0.29, 0.717) is 11.4 Å². The van der Waals surface area contributed by atoms with E-state index in [0.717, 1.165) is 11.4 Å². The van der Waals surface area contributed by atoms with Crippen LogP contribution in [0.25, 0.3) is 0 Å². The van der Waals surface area contributed by atoms with Gasteiger partial charge in [0, 0.05) is 4.47 Å². The van der Waals surface area contributed by atoms with Crippen molar-refractivity contribution in [3.05, 3.63) is 35.3 Å². The van der Waals surface area contributed by atoms with Crippen LogP contribution >= 0.6 is 15.9 Å². The number of rotatable bonds is 7. The first-order valence-electron chi connectivity index (χ1n) is 6.30. The minimum Gasteiger partial charge on any atom is -0.487 e. The highest BCUT2D eigenvalue weighted by atomic mass is 79.9. The second-order valence-electron chi connectivity index (χ2n) is 4.63. The predicted octanol–water partition coefficient (Wildman–Crippen LogP) is 1.97. The van der Waals surface area contributed by atoms with Gasteiger partial charge >= 0.3 is 12.0 Å². The Bertz CT molecular complexity index is 574. The number of carboxylic acid groups (broad SMARTS) is 1. The zero-order valence-electron chi connectivity index (χ0n) is 11.9. The van der Waals surface area contributed by atoms with Crippen LogP contribution in [0.15, 0.2) is 35.3 Å². The molecule has 8 heteroatoms. The number of carbonyl (C=O) groups is 2. The fourth-order valence-electron chi connectivity index (χ4n) is 1.37. The molecule has 0 aromatic heterocycles. The van der Waals surface area contributed by atoms with E-state index >= 15 is 0 Å². The van der Waals surface area contributed by atoms with Crippen LogP contribution in [0.2, 0.25) is 0 Å². The number of amides is 2. The fourth-order valence-corrected chi connectivity index (χ4v) is 1.73. The number of hydrogen-bond donors (Lipinski definition) is 4. The molecule has 0 radical (unpaired) electrons. The highest BCUT2D eigenvalue weighted by Crippen LogP contribution is 2.28. The SMILES string of the molecule is C=CCOc1ccc(Br)cc1NC(=O)NCC(C)(O)C(=O)O. The summed E-state index contributed by atoms with van der Waals surface area (Å²) in [6.45, 7) is 4.46. The van der Waals surface area contributed by atoms with Gasteiger partial charge in [-0.3, -0.25) is 0 Å². The molecule has 1 aromatic carbocycles. The van der Waals surface area contributed by atoms with Crippen molar-refractivity contribution in [1.82, 2.24) is 5.32 Å². The van der Waals surface area contributed by atoms with E-state index in [1.807, 2.05) is 0 Å². The maximum absolute atomic E-state index is 11.8. The molecule has 0 aliphatic rings. The van der Waals surface area contributed by atoms with Gasteiger partial charge in [0.15, 0.2) is 5.60 Å². The van der Waals surface area contributed by atoms with E-state index in [4.69, 9.17) is 9.84 Å². The largest absolute Gasteiger partial charge is 0.487 e. The standard InChI is InChI=1S/C14H17BrN2O5/c1-3-6-22-11-5-4-9(15)7-10(11)17-13(20)16-8-14(2,21)12(18)19/h3-5,7,21H,1,6,8H2,2H3,(H,18,19)(H2,16,17,20). The second-order valence-corrected chi connectivity index (χ2v) is 5.54. The molecule has 0 aliphatic heterocycles. The Labute approximate surface area is 136 Å². The fraction of sp³-hybridized carbons (Fsp3) is 0.286. The zero-order chi connectivity index (χ0) is 16.8. The maximum Gasteiger partial charge on any atom is 0.337 e. The number of hydrogen-bond acceptors (Lipinski definition) is 4. The number of halogens is 1. The van der Waals surface area contributed by atoms with Crippen molar-refractivity contribution in [2.24, 2.45) is 0 Å². The average molecular weight is 373 g/mol. The normalized spacial score (nSPS) is 12.9. The van der Waals surface area contributed by atoms with Crippen LogP contribution in [0.5, 0.6) is 5.75 Å². The topological polar surface area (TPSA) is 108 Å². The van der Waals surface area contributed by atoms with Gasteiger partial charge in [-0.25, -0.2) is 9.59 Å². The third kappa shape index (κ3) is 5.38. The zero-order valence-corrected chi connectivity index (χ0v) is 13.5. The van der Waals surface area contributed by atoms with Crippen LogP contribution in [0.3, 0.4) is 0 Å². The third-order valence-electron chi connectivity index (χ3n) is 2.60. The predicted molar refractivity (Wildman–Crippen MR) is 85.1 cm³/mol. The Balaban J connectivity index is 2.73. The number of aliphatic hydroxyl groups is 1. The lowest BCUT2D eigenvalue weighted by Crippen LogP contribution is -2.47. The van der Waals surface area contributed by atoms with Crippen molar-refractivity contribution in [1.29, 1.82) is 0 Å². The van der Waals surface area contributed by atoms with Crippen molar-refractivity contribution in [3.8, 4) is 5.75 Å². The van der Waals surface area contributed by atoms with Gasteiger partial charge < -0.3 is 25.6 Å². The monoisotopic (exact) mass is 372 g/mol. The number of benzene rings is 1. The van der Waals surface area contributed by atoms with E-state index in [9.17, 15) is 14.7 Å². The van der Waals surface area contributed by atoms with Gasteiger partial charge in [-0.1, -0.05) is 28.6 Å². The van der Waals surface area contributed by atoms with Crippen molar-refractivity contribution >= 4 is 33.6 Å². The molecule has 0 saturated heterocycles. The van der Waals surface area contributed by atoms with Crippen LogP contribution in [0.1, 0.15) is 6.92 Å². The van der Waals surface area contributed by atoms with Gasteiger partial charge in [0.05, 0.1) is 12.2 Å². The smallest absolute Gasteiger partial charge is 0.337 e. The highest BCUT2D eigenvalue weighted by Gasteiger charge is 2.30. The van der Waals surface area contributed by atoms with E-state index in [2.05, 4.69) is 33.1 Å². The van der Waals surface area contributed by atoms with Gasteiger partial charge in [-0.15, -0.1) is 0 Å². The lowest BCUT2D eigenvalue weighted by Gasteiger charge is -2.19. The van der Waals surface area contributed by atoms with Gasteiger partial charge in [-0.2, -0.15) is 0 Å². The molecule has 0 fully saturated rings. The average Bonchev–Trinajstić information content (AvgIpc) is 2.44. The molecule has 0 spiro atoms. The number of carbonyl (C=O) groups excluding carboxylic acids is 1.